The highest BCUT2D eigenvalue weighted by atomic mass is 16.6. The highest BCUT2D eigenvalue weighted by molar-refractivity contribution is 5.81. The van der Waals surface area contributed by atoms with Crippen LogP contribution in [0.3, 0.4) is 0 Å². The first kappa shape index (κ1) is 26.7. The highest BCUT2D eigenvalue weighted by Crippen LogP contribution is 2.26. The molecule has 1 N–H and O–H groups in total. The Labute approximate surface area is 220 Å². The third-order valence-corrected chi connectivity index (χ3v) is 5.62. The second-order valence-electron chi connectivity index (χ2n) is 9.79. The van der Waals surface area contributed by atoms with Gasteiger partial charge >= 0.3 is 12.1 Å². The van der Waals surface area contributed by atoms with Gasteiger partial charge in [-0.1, -0.05) is 42.4 Å². The fourth-order valence-corrected chi connectivity index (χ4v) is 3.83. The van der Waals surface area contributed by atoms with Gasteiger partial charge in [0.25, 0.3) is 0 Å². The largest absolute Gasteiger partial charge is 0.459 e. The van der Waals surface area contributed by atoms with Crippen molar-refractivity contribution < 1.29 is 23.6 Å². The lowest BCUT2D eigenvalue weighted by molar-refractivity contribution is -0.147. The van der Waals surface area contributed by atoms with Gasteiger partial charge in [0.05, 0.1) is 18.0 Å². The van der Waals surface area contributed by atoms with Crippen molar-refractivity contribution in [3.05, 3.63) is 83.8 Å². The Balaban J connectivity index is 1.51. The highest BCUT2D eigenvalue weighted by Gasteiger charge is 2.29. The van der Waals surface area contributed by atoms with E-state index in [1.54, 1.807) is 27.0 Å². The average molecular weight is 518 g/mol. The summed E-state index contributed by atoms with van der Waals surface area (Å²) in [6.45, 7) is 7.27. The zero-order valence-corrected chi connectivity index (χ0v) is 21.9. The Morgan fingerprint density at radius 2 is 1.82 bits per heavy atom. The van der Waals surface area contributed by atoms with Crippen LogP contribution in [-0.2, 0) is 27.3 Å². The number of rotatable bonds is 9. The molecular formula is C28H31N5O5. The van der Waals surface area contributed by atoms with Crippen molar-refractivity contribution in [1.29, 1.82) is 0 Å². The Hall–Kier alpha value is -4.34. The summed E-state index contributed by atoms with van der Waals surface area (Å²) in [7, 11) is 0. The summed E-state index contributed by atoms with van der Waals surface area (Å²) in [5, 5.41) is 7.66. The predicted octanol–water partition coefficient (Wildman–Crippen LogP) is 4.73. The molecule has 1 aromatic carbocycles. The molecule has 0 aliphatic rings. The first-order valence-corrected chi connectivity index (χ1v) is 12.5. The van der Waals surface area contributed by atoms with Gasteiger partial charge < -0.3 is 19.3 Å². The summed E-state index contributed by atoms with van der Waals surface area (Å²) in [6.07, 6.45) is 1.55. The normalized spacial score (nSPS) is 13.1. The van der Waals surface area contributed by atoms with Crippen LogP contribution in [0.1, 0.15) is 63.0 Å². The van der Waals surface area contributed by atoms with Crippen LogP contribution in [0, 0.1) is 0 Å². The minimum Gasteiger partial charge on any atom is -0.459 e. The Kier molecular flexibility index (Phi) is 8.30. The van der Waals surface area contributed by atoms with E-state index >= 15 is 0 Å². The molecule has 0 aliphatic carbocycles. The first-order chi connectivity index (χ1) is 18.2. The van der Waals surface area contributed by atoms with Gasteiger partial charge in [0.1, 0.15) is 18.2 Å². The van der Waals surface area contributed by atoms with Crippen molar-refractivity contribution >= 4 is 23.1 Å². The minimum absolute atomic E-state index is 0.0564. The van der Waals surface area contributed by atoms with Crippen LogP contribution in [0.15, 0.2) is 65.3 Å². The summed E-state index contributed by atoms with van der Waals surface area (Å²) in [6, 6.07) is 15.8. The molecule has 38 heavy (non-hydrogen) atoms. The van der Waals surface area contributed by atoms with Gasteiger partial charge in [0.15, 0.2) is 11.5 Å². The lowest BCUT2D eigenvalue weighted by atomic mass is 10.0. The van der Waals surface area contributed by atoms with Crippen LogP contribution >= 0.6 is 0 Å². The van der Waals surface area contributed by atoms with Crippen molar-refractivity contribution in [2.75, 3.05) is 0 Å². The number of hydrogen-bond donors (Lipinski definition) is 1. The number of ether oxygens (including phenoxy) is 2. The second kappa shape index (κ2) is 11.8. The van der Waals surface area contributed by atoms with E-state index in [9.17, 15) is 9.59 Å². The van der Waals surface area contributed by atoms with Gasteiger partial charge in [-0.05, 0) is 57.0 Å². The third kappa shape index (κ3) is 7.12. The molecule has 0 aliphatic heterocycles. The van der Waals surface area contributed by atoms with E-state index in [4.69, 9.17) is 14.0 Å². The van der Waals surface area contributed by atoms with E-state index in [-0.39, 0.29) is 24.8 Å². The summed E-state index contributed by atoms with van der Waals surface area (Å²) in [5.41, 5.74) is 1.47. The molecule has 1 amide bonds. The zero-order valence-electron chi connectivity index (χ0n) is 21.9. The van der Waals surface area contributed by atoms with E-state index in [0.29, 0.717) is 17.9 Å². The molecule has 2 atom stereocenters. The molecule has 3 aromatic heterocycles. The number of hydrogen-bond acceptors (Lipinski definition) is 9. The maximum Gasteiger partial charge on any atom is 0.408 e. The van der Waals surface area contributed by atoms with E-state index in [0.717, 1.165) is 16.6 Å². The molecule has 1 unspecified atom stereocenters. The fourth-order valence-electron chi connectivity index (χ4n) is 3.83. The Bertz CT molecular complexity index is 1380. The number of aromatic nitrogens is 4. The van der Waals surface area contributed by atoms with Crippen LogP contribution in [0.4, 0.5) is 4.79 Å². The first-order valence-electron chi connectivity index (χ1n) is 12.5. The van der Waals surface area contributed by atoms with Crippen LogP contribution in [0.5, 0.6) is 0 Å². The average Bonchev–Trinajstić information content (AvgIpc) is 3.35. The molecule has 4 rings (SSSR count). The van der Waals surface area contributed by atoms with Crippen molar-refractivity contribution in [1.82, 2.24) is 25.4 Å². The third-order valence-electron chi connectivity index (χ3n) is 5.62. The molecular weight excluding hydrogens is 486 g/mol. The number of nitrogens with zero attached hydrogens (tertiary/aromatic N) is 4. The van der Waals surface area contributed by atoms with Crippen molar-refractivity contribution in [3.63, 3.8) is 0 Å². The van der Waals surface area contributed by atoms with Crippen molar-refractivity contribution in [3.8, 4) is 0 Å². The second-order valence-corrected chi connectivity index (χ2v) is 9.79. The van der Waals surface area contributed by atoms with Gasteiger partial charge in [-0.3, -0.25) is 0 Å². The quantitative estimate of drug-likeness (QED) is 0.313. The summed E-state index contributed by atoms with van der Waals surface area (Å²) in [4.78, 5) is 39.0. The number of carbonyl (C=O) groups is 2. The molecule has 0 radical (unpaired) electrons. The number of amides is 1. The summed E-state index contributed by atoms with van der Waals surface area (Å²) >= 11 is 0. The number of alkyl carbamates (subject to hydrolysis) is 1. The van der Waals surface area contributed by atoms with E-state index < -0.39 is 23.7 Å². The molecule has 10 heteroatoms. The van der Waals surface area contributed by atoms with Crippen LogP contribution in [0.25, 0.3) is 11.0 Å². The zero-order chi connectivity index (χ0) is 27.1. The van der Waals surface area contributed by atoms with Gasteiger partial charge in [-0.15, -0.1) is 0 Å². The summed E-state index contributed by atoms with van der Waals surface area (Å²) < 4.78 is 16.3. The van der Waals surface area contributed by atoms with E-state index in [1.165, 1.54) is 0 Å². The number of pyridine rings is 2. The molecule has 0 fully saturated rings. The van der Waals surface area contributed by atoms with Crippen LogP contribution in [-0.4, -0.2) is 43.8 Å². The molecule has 4 aromatic rings. The molecule has 3 heterocycles. The van der Waals surface area contributed by atoms with Crippen molar-refractivity contribution in [2.45, 2.75) is 64.7 Å². The van der Waals surface area contributed by atoms with Gasteiger partial charge in [-0.2, -0.15) is 4.98 Å². The van der Waals surface area contributed by atoms with Crippen molar-refractivity contribution in [2.24, 2.45) is 0 Å². The SMILES string of the molecule is CCC(c1ccc2cccnc2n1)c1noc(C[C@H](NC(=O)OC(C)(C)C)C(=O)OCc2ccccc2)n1. The minimum atomic E-state index is -1.09. The molecule has 0 saturated heterocycles. The van der Waals surface area contributed by atoms with E-state index in [1.807, 2.05) is 61.5 Å². The molecule has 198 valence electrons. The Morgan fingerprint density at radius 1 is 1.03 bits per heavy atom. The number of benzene rings is 1. The number of nitrogens with one attached hydrogen (secondary N) is 1. The standard InChI is InChI=1S/C28H31N5O5/c1-5-20(21-14-13-19-12-9-15-29-24(19)30-21)25-32-23(38-33-25)16-22(31-27(35)37-28(2,3)4)26(34)36-17-18-10-7-6-8-11-18/h6-15,20,22H,5,16-17H2,1-4H3,(H,31,35)/t20?,22-/m0/s1. The smallest absolute Gasteiger partial charge is 0.408 e. The molecule has 0 bridgehead atoms. The predicted molar refractivity (Wildman–Crippen MR) is 139 cm³/mol. The molecule has 0 spiro atoms. The lowest BCUT2D eigenvalue weighted by Gasteiger charge is -2.22. The monoisotopic (exact) mass is 517 g/mol. The number of carbonyl (C=O) groups excluding carboxylic acids is 2. The molecule has 10 nitrogen and oxygen atoms in total. The maximum absolute atomic E-state index is 13.0. The van der Waals surface area contributed by atoms with Crippen LogP contribution < -0.4 is 5.32 Å². The fraction of sp³-hybridized carbons (Fsp3) is 0.357. The van der Waals surface area contributed by atoms with E-state index in [2.05, 4.69) is 25.4 Å². The van der Waals surface area contributed by atoms with Gasteiger partial charge in [-0.25, -0.2) is 19.6 Å². The maximum atomic E-state index is 13.0. The van der Waals surface area contributed by atoms with Crippen LogP contribution in [0.2, 0.25) is 0 Å². The lowest BCUT2D eigenvalue weighted by Crippen LogP contribution is -2.45. The summed E-state index contributed by atoms with van der Waals surface area (Å²) in [5.74, 6) is -0.274. The number of fused-ring (bicyclic) bond motifs is 1. The topological polar surface area (TPSA) is 129 Å². The Morgan fingerprint density at radius 3 is 2.55 bits per heavy atom. The molecule has 0 saturated carbocycles. The number of esters is 1. The van der Waals surface area contributed by atoms with Gasteiger partial charge in [0.2, 0.25) is 5.89 Å². The van der Waals surface area contributed by atoms with Gasteiger partial charge in [0, 0.05) is 11.6 Å².